The van der Waals surface area contributed by atoms with E-state index < -0.39 is 0 Å². The van der Waals surface area contributed by atoms with Crippen LogP contribution in [0.25, 0.3) is 0 Å². The van der Waals surface area contributed by atoms with E-state index in [4.69, 9.17) is 23.2 Å². The van der Waals surface area contributed by atoms with Crippen molar-refractivity contribution in [2.75, 3.05) is 5.32 Å². The average molecular weight is 322 g/mol. The van der Waals surface area contributed by atoms with Crippen LogP contribution < -0.4 is 5.32 Å². The standard InChI is InChI=1S/C17H17Cl2NO/c1-2-12-6-3-4-9-15(12)20-16(21)11-10-13-7-5-8-14(18)17(13)19/h3-9H,2,10-11H2,1H3,(H,20,21). The fourth-order valence-corrected chi connectivity index (χ4v) is 2.57. The van der Waals surface area contributed by atoms with Crippen LogP contribution in [0.5, 0.6) is 0 Å². The van der Waals surface area contributed by atoms with Gasteiger partial charge in [0, 0.05) is 12.1 Å². The van der Waals surface area contributed by atoms with Gasteiger partial charge < -0.3 is 5.32 Å². The summed E-state index contributed by atoms with van der Waals surface area (Å²) in [6.45, 7) is 2.07. The topological polar surface area (TPSA) is 29.1 Å². The number of anilines is 1. The first-order valence-corrected chi connectivity index (χ1v) is 7.68. The zero-order valence-electron chi connectivity index (χ0n) is 11.8. The number of carbonyl (C=O) groups excluding carboxylic acids is 1. The molecule has 21 heavy (non-hydrogen) atoms. The second-order valence-corrected chi connectivity index (χ2v) is 5.56. The lowest BCUT2D eigenvalue weighted by Crippen LogP contribution is -2.13. The van der Waals surface area contributed by atoms with E-state index in [0.717, 1.165) is 23.2 Å². The molecule has 0 spiro atoms. The molecule has 0 bridgehead atoms. The molecule has 0 heterocycles. The summed E-state index contributed by atoms with van der Waals surface area (Å²) in [4.78, 5) is 12.1. The van der Waals surface area contributed by atoms with E-state index >= 15 is 0 Å². The second kappa shape index (κ2) is 7.48. The lowest BCUT2D eigenvalue weighted by atomic mass is 10.1. The molecule has 0 fully saturated rings. The smallest absolute Gasteiger partial charge is 0.224 e. The van der Waals surface area contributed by atoms with Crippen molar-refractivity contribution in [3.8, 4) is 0 Å². The molecule has 0 aromatic heterocycles. The minimum atomic E-state index is -0.0213. The number of halogens is 2. The fourth-order valence-electron chi connectivity index (χ4n) is 2.15. The average Bonchev–Trinajstić information content (AvgIpc) is 2.49. The molecule has 0 aliphatic heterocycles. The summed E-state index contributed by atoms with van der Waals surface area (Å²) < 4.78 is 0. The molecule has 0 aliphatic rings. The molecule has 0 saturated carbocycles. The van der Waals surface area contributed by atoms with Crippen molar-refractivity contribution in [1.82, 2.24) is 0 Å². The number of carbonyl (C=O) groups is 1. The van der Waals surface area contributed by atoms with E-state index in [2.05, 4.69) is 12.2 Å². The third kappa shape index (κ3) is 4.23. The minimum Gasteiger partial charge on any atom is -0.326 e. The molecule has 2 aromatic carbocycles. The van der Waals surface area contributed by atoms with E-state index in [-0.39, 0.29) is 5.91 Å². The Morgan fingerprint density at radius 3 is 2.52 bits per heavy atom. The van der Waals surface area contributed by atoms with Crippen LogP contribution in [-0.2, 0) is 17.6 Å². The van der Waals surface area contributed by atoms with Crippen LogP contribution in [-0.4, -0.2) is 5.91 Å². The quantitative estimate of drug-likeness (QED) is 0.812. The number of nitrogens with one attached hydrogen (secondary N) is 1. The largest absolute Gasteiger partial charge is 0.326 e. The Kier molecular flexibility index (Phi) is 5.66. The highest BCUT2D eigenvalue weighted by molar-refractivity contribution is 6.42. The fraction of sp³-hybridized carbons (Fsp3) is 0.235. The minimum absolute atomic E-state index is 0.0213. The number of hydrogen-bond donors (Lipinski definition) is 1. The second-order valence-electron chi connectivity index (χ2n) is 4.77. The third-order valence-corrected chi connectivity index (χ3v) is 4.18. The molecule has 2 rings (SSSR count). The first kappa shape index (κ1) is 15.9. The Morgan fingerprint density at radius 2 is 1.76 bits per heavy atom. The summed E-state index contributed by atoms with van der Waals surface area (Å²) in [5.41, 5.74) is 2.90. The predicted octanol–water partition coefficient (Wildman–Crippen LogP) is 5.13. The molecule has 0 aliphatic carbocycles. The summed E-state index contributed by atoms with van der Waals surface area (Å²) >= 11 is 12.1. The zero-order chi connectivity index (χ0) is 15.2. The van der Waals surface area contributed by atoms with E-state index in [9.17, 15) is 4.79 Å². The van der Waals surface area contributed by atoms with Crippen molar-refractivity contribution in [3.63, 3.8) is 0 Å². The maximum Gasteiger partial charge on any atom is 0.224 e. The number of aryl methyl sites for hydroxylation is 2. The van der Waals surface area contributed by atoms with E-state index in [1.165, 1.54) is 0 Å². The Labute approximate surface area is 135 Å². The van der Waals surface area contributed by atoms with Crippen LogP contribution in [0.3, 0.4) is 0 Å². The highest BCUT2D eigenvalue weighted by atomic mass is 35.5. The van der Waals surface area contributed by atoms with Crippen LogP contribution in [0.15, 0.2) is 42.5 Å². The maximum absolute atomic E-state index is 12.1. The van der Waals surface area contributed by atoms with Gasteiger partial charge in [0.1, 0.15) is 0 Å². The molecular formula is C17H17Cl2NO. The lowest BCUT2D eigenvalue weighted by Gasteiger charge is -2.10. The van der Waals surface area contributed by atoms with Gasteiger partial charge in [0.05, 0.1) is 10.0 Å². The maximum atomic E-state index is 12.1. The number of rotatable bonds is 5. The van der Waals surface area contributed by atoms with Crippen molar-refractivity contribution in [3.05, 3.63) is 63.6 Å². The van der Waals surface area contributed by atoms with Crippen LogP contribution in [0.4, 0.5) is 5.69 Å². The van der Waals surface area contributed by atoms with Gasteiger partial charge in [-0.25, -0.2) is 0 Å². The summed E-state index contributed by atoms with van der Waals surface area (Å²) in [6, 6.07) is 13.3. The van der Waals surface area contributed by atoms with Gasteiger partial charge in [-0.1, -0.05) is 60.5 Å². The van der Waals surface area contributed by atoms with Crippen LogP contribution in [0.2, 0.25) is 10.0 Å². The number of amides is 1. The van der Waals surface area contributed by atoms with Crippen LogP contribution in [0, 0.1) is 0 Å². The first-order chi connectivity index (χ1) is 10.1. The Hall–Kier alpha value is -1.51. The van der Waals surface area contributed by atoms with E-state index in [1.54, 1.807) is 6.07 Å². The van der Waals surface area contributed by atoms with Crippen molar-refractivity contribution in [1.29, 1.82) is 0 Å². The summed E-state index contributed by atoms with van der Waals surface area (Å²) in [6.07, 6.45) is 1.83. The van der Waals surface area contributed by atoms with Crippen molar-refractivity contribution in [2.45, 2.75) is 26.2 Å². The molecule has 0 radical (unpaired) electrons. The SMILES string of the molecule is CCc1ccccc1NC(=O)CCc1cccc(Cl)c1Cl. The molecule has 2 nitrogen and oxygen atoms in total. The molecule has 1 N–H and O–H groups in total. The Balaban J connectivity index is 1.98. The third-order valence-electron chi connectivity index (χ3n) is 3.33. The Bertz CT molecular complexity index is 640. The lowest BCUT2D eigenvalue weighted by molar-refractivity contribution is -0.116. The van der Waals surface area contributed by atoms with E-state index in [0.29, 0.717) is 22.9 Å². The molecule has 4 heteroatoms. The van der Waals surface area contributed by atoms with Gasteiger partial charge in [0.25, 0.3) is 0 Å². The van der Waals surface area contributed by atoms with E-state index in [1.807, 2.05) is 36.4 Å². The zero-order valence-corrected chi connectivity index (χ0v) is 13.3. The molecule has 1 amide bonds. The Morgan fingerprint density at radius 1 is 1.05 bits per heavy atom. The molecule has 0 atom stereocenters. The highest BCUT2D eigenvalue weighted by Gasteiger charge is 2.09. The van der Waals surface area contributed by atoms with Gasteiger partial charge >= 0.3 is 0 Å². The number of benzene rings is 2. The van der Waals surface area contributed by atoms with Crippen molar-refractivity contribution in [2.24, 2.45) is 0 Å². The van der Waals surface area contributed by atoms with Gasteiger partial charge in [-0.2, -0.15) is 0 Å². The number of hydrogen-bond acceptors (Lipinski definition) is 1. The summed E-state index contributed by atoms with van der Waals surface area (Å²) in [7, 11) is 0. The molecular weight excluding hydrogens is 305 g/mol. The highest BCUT2D eigenvalue weighted by Crippen LogP contribution is 2.26. The monoisotopic (exact) mass is 321 g/mol. The van der Waals surface area contributed by atoms with Gasteiger partial charge in [-0.3, -0.25) is 4.79 Å². The number of para-hydroxylation sites is 1. The molecule has 0 saturated heterocycles. The molecule has 0 unspecified atom stereocenters. The molecule has 2 aromatic rings. The molecule has 110 valence electrons. The first-order valence-electron chi connectivity index (χ1n) is 6.92. The predicted molar refractivity (Wildman–Crippen MR) is 89.2 cm³/mol. The van der Waals surface area contributed by atoms with Crippen molar-refractivity contribution < 1.29 is 4.79 Å². The van der Waals surface area contributed by atoms with Crippen LogP contribution in [0.1, 0.15) is 24.5 Å². The van der Waals surface area contributed by atoms with Gasteiger partial charge in [-0.15, -0.1) is 0 Å². The van der Waals surface area contributed by atoms with Crippen molar-refractivity contribution >= 4 is 34.8 Å². The summed E-state index contributed by atoms with van der Waals surface area (Å²) in [5.74, 6) is -0.0213. The summed E-state index contributed by atoms with van der Waals surface area (Å²) in [5, 5.41) is 4.00. The van der Waals surface area contributed by atoms with Crippen LogP contribution >= 0.6 is 23.2 Å². The van der Waals surface area contributed by atoms with Gasteiger partial charge in [0.15, 0.2) is 0 Å². The van der Waals surface area contributed by atoms with Gasteiger partial charge in [-0.05, 0) is 36.1 Å². The van der Waals surface area contributed by atoms with Gasteiger partial charge in [0.2, 0.25) is 5.91 Å². The normalized spacial score (nSPS) is 10.4.